The zero-order valence-electron chi connectivity index (χ0n) is 21.6. The topological polar surface area (TPSA) is 84.2 Å². The maximum Gasteiger partial charge on any atom is 0.179 e. The third-order valence-corrected chi connectivity index (χ3v) is 9.36. The number of halogens is 2. The third kappa shape index (κ3) is 5.90. The van der Waals surface area contributed by atoms with Crippen LogP contribution in [0.4, 0.5) is 5.82 Å². The van der Waals surface area contributed by atoms with E-state index in [1.807, 2.05) is 29.9 Å². The molecule has 200 valence electrons. The van der Waals surface area contributed by atoms with Gasteiger partial charge in [-0.2, -0.15) is 5.10 Å². The van der Waals surface area contributed by atoms with E-state index in [1.165, 1.54) is 19.1 Å². The molecular formula is C26H34Cl2N6O2S. The van der Waals surface area contributed by atoms with Crippen molar-refractivity contribution in [3.05, 3.63) is 45.7 Å². The van der Waals surface area contributed by atoms with E-state index in [2.05, 4.69) is 16.7 Å². The summed E-state index contributed by atoms with van der Waals surface area (Å²) in [7, 11) is -2.89. The molecule has 2 saturated heterocycles. The predicted molar refractivity (Wildman–Crippen MR) is 150 cm³/mol. The van der Waals surface area contributed by atoms with Gasteiger partial charge in [0.2, 0.25) is 0 Å². The van der Waals surface area contributed by atoms with Gasteiger partial charge < -0.3 is 9.80 Å². The number of hydrogen-bond donors (Lipinski definition) is 0. The monoisotopic (exact) mass is 564 g/mol. The molecule has 2 aliphatic rings. The fourth-order valence-corrected chi connectivity index (χ4v) is 6.88. The molecule has 2 aromatic heterocycles. The lowest BCUT2D eigenvalue weighted by Crippen LogP contribution is -2.54. The Morgan fingerprint density at radius 2 is 1.95 bits per heavy atom. The lowest BCUT2D eigenvalue weighted by Gasteiger charge is -2.47. The van der Waals surface area contributed by atoms with Crippen LogP contribution in [0.15, 0.2) is 24.4 Å². The molecule has 0 bridgehead atoms. The molecule has 3 aromatic rings. The first-order valence-corrected chi connectivity index (χ1v) is 15.7. The Kier molecular flexibility index (Phi) is 7.69. The average molecular weight is 566 g/mol. The average Bonchev–Trinajstić information content (AvgIpc) is 3.13. The summed E-state index contributed by atoms with van der Waals surface area (Å²) in [6.45, 7) is 8.92. The van der Waals surface area contributed by atoms with E-state index in [4.69, 9.17) is 38.3 Å². The highest BCUT2D eigenvalue weighted by Gasteiger charge is 2.36. The van der Waals surface area contributed by atoms with Crippen LogP contribution in [-0.2, 0) is 9.84 Å². The second-order valence-electron chi connectivity index (χ2n) is 10.6. The Bertz CT molecular complexity index is 1390. The number of aryl methyl sites for hydroxylation is 1. The second-order valence-corrected chi connectivity index (χ2v) is 13.7. The van der Waals surface area contributed by atoms with Gasteiger partial charge in [0.15, 0.2) is 5.65 Å². The van der Waals surface area contributed by atoms with Crippen molar-refractivity contribution >= 4 is 50.0 Å². The van der Waals surface area contributed by atoms with Crippen LogP contribution >= 0.6 is 23.2 Å². The Balaban J connectivity index is 1.26. The van der Waals surface area contributed by atoms with Gasteiger partial charge in [-0.3, -0.25) is 0 Å². The molecule has 2 fully saturated rings. The molecule has 2 aliphatic heterocycles. The highest BCUT2D eigenvalue weighted by atomic mass is 35.5. The van der Waals surface area contributed by atoms with Gasteiger partial charge in [0.25, 0.3) is 0 Å². The molecule has 8 nitrogen and oxygen atoms in total. The molecule has 0 saturated carbocycles. The first-order valence-electron chi connectivity index (χ1n) is 12.9. The minimum absolute atomic E-state index is 0.120. The number of piperidine rings is 1. The number of fused-ring (bicyclic) bond motifs is 1. The van der Waals surface area contributed by atoms with Crippen molar-refractivity contribution in [1.82, 2.24) is 24.6 Å². The summed E-state index contributed by atoms with van der Waals surface area (Å²) >= 11 is 12.6. The Morgan fingerprint density at radius 3 is 2.68 bits per heavy atom. The summed E-state index contributed by atoms with van der Waals surface area (Å²) in [5.74, 6) is 2.40. The van der Waals surface area contributed by atoms with Crippen molar-refractivity contribution in [2.75, 3.05) is 49.6 Å². The Labute approximate surface area is 228 Å². The van der Waals surface area contributed by atoms with Crippen LogP contribution in [0.1, 0.15) is 43.5 Å². The lowest BCUT2D eigenvalue weighted by atomic mass is 9.80. The van der Waals surface area contributed by atoms with Gasteiger partial charge in [0, 0.05) is 35.9 Å². The molecule has 11 heteroatoms. The maximum atomic E-state index is 11.5. The minimum atomic E-state index is -2.89. The van der Waals surface area contributed by atoms with E-state index in [1.54, 1.807) is 6.07 Å². The van der Waals surface area contributed by atoms with Crippen LogP contribution in [0.25, 0.3) is 11.2 Å². The van der Waals surface area contributed by atoms with E-state index >= 15 is 0 Å². The fraction of sp³-hybridized carbons (Fsp3) is 0.577. The van der Waals surface area contributed by atoms with Crippen molar-refractivity contribution in [2.24, 2.45) is 11.8 Å². The van der Waals surface area contributed by atoms with E-state index in [9.17, 15) is 8.42 Å². The van der Waals surface area contributed by atoms with Gasteiger partial charge in [0.1, 0.15) is 21.2 Å². The van der Waals surface area contributed by atoms with Crippen LogP contribution in [0.3, 0.4) is 0 Å². The van der Waals surface area contributed by atoms with Crippen LogP contribution in [0.2, 0.25) is 10.0 Å². The van der Waals surface area contributed by atoms with E-state index in [0.717, 1.165) is 61.0 Å². The molecule has 0 radical (unpaired) electrons. The van der Waals surface area contributed by atoms with E-state index in [0.29, 0.717) is 28.3 Å². The molecule has 0 amide bonds. The smallest absolute Gasteiger partial charge is 0.179 e. The number of nitrogens with zero attached hydrogens (tertiary/aromatic N) is 6. The number of benzene rings is 1. The van der Waals surface area contributed by atoms with Crippen LogP contribution in [-0.4, -0.2) is 77.8 Å². The molecule has 1 aromatic carbocycles. The number of sulfone groups is 1. The molecule has 2 unspecified atom stereocenters. The standard InChI is InChI=1S/C26H34Cl2N6O2S/c1-17-25-26(34(31-17)18(2)22-8-7-21(27)12-23(22)28)30-24(13-29-25)33-15-20(16-33)19-6-4-9-32(14-19)10-5-11-37(3,35)36/h7-8,12-13,18-20H,4-6,9-11,14-16H2,1-3H3. The van der Waals surface area contributed by atoms with Crippen LogP contribution in [0.5, 0.6) is 0 Å². The molecule has 0 aliphatic carbocycles. The first kappa shape index (κ1) is 26.7. The molecule has 2 atom stereocenters. The van der Waals surface area contributed by atoms with Gasteiger partial charge in [-0.15, -0.1) is 0 Å². The largest absolute Gasteiger partial charge is 0.355 e. The Morgan fingerprint density at radius 1 is 1.16 bits per heavy atom. The van der Waals surface area contributed by atoms with E-state index in [-0.39, 0.29) is 11.8 Å². The molecule has 0 spiro atoms. The zero-order chi connectivity index (χ0) is 26.3. The van der Waals surface area contributed by atoms with Crippen molar-refractivity contribution in [1.29, 1.82) is 0 Å². The van der Waals surface area contributed by atoms with Crippen molar-refractivity contribution < 1.29 is 8.42 Å². The fourth-order valence-electron chi connectivity index (χ4n) is 5.66. The number of likely N-dealkylation sites (tertiary alicyclic amines) is 1. The SMILES string of the molecule is Cc1nn(C(C)c2ccc(Cl)cc2Cl)c2nc(N3CC(C4CCCN(CCCS(C)(=O)=O)C4)C3)cnc12. The van der Waals surface area contributed by atoms with Crippen molar-refractivity contribution in [3.63, 3.8) is 0 Å². The van der Waals surface area contributed by atoms with Crippen LogP contribution in [0, 0.1) is 18.8 Å². The minimum Gasteiger partial charge on any atom is -0.355 e. The zero-order valence-corrected chi connectivity index (χ0v) is 23.9. The van der Waals surface area contributed by atoms with Crippen LogP contribution < -0.4 is 4.90 Å². The van der Waals surface area contributed by atoms with Crippen molar-refractivity contribution in [3.8, 4) is 0 Å². The third-order valence-electron chi connectivity index (χ3n) is 7.77. The van der Waals surface area contributed by atoms with Gasteiger partial charge in [-0.05, 0) is 75.7 Å². The van der Waals surface area contributed by atoms with Crippen molar-refractivity contribution in [2.45, 2.75) is 39.2 Å². The summed E-state index contributed by atoms with van der Waals surface area (Å²) in [5.41, 5.74) is 3.33. The second kappa shape index (κ2) is 10.7. The summed E-state index contributed by atoms with van der Waals surface area (Å²) < 4.78 is 24.8. The molecule has 37 heavy (non-hydrogen) atoms. The summed E-state index contributed by atoms with van der Waals surface area (Å²) in [5, 5.41) is 5.96. The summed E-state index contributed by atoms with van der Waals surface area (Å²) in [6, 6.07) is 5.41. The van der Waals surface area contributed by atoms with E-state index < -0.39 is 9.84 Å². The lowest BCUT2D eigenvalue weighted by molar-refractivity contribution is 0.120. The predicted octanol–water partition coefficient (Wildman–Crippen LogP) is 4.63. The molecule has 5 rings (SSSR count). The normalized spacial score (nSPS) is 20.4. The van der Waals surface area contributed by atoms with Gasteiger partial charge >= 0.3 is 0 Å². The quantitative estimate of drug-likeness (QED) is 0.394. The molecule has 4 heterocycles. The maximum absolute atomic E-state index is 11.5. The summed E-state index contributed by atoms with van der Waals surface area (Å²) in [6.07, 6.45) is 6.30. The number of anilines is 1. The van der Waals surface area contributed by atoms with Gasteiger partial charge in [0.05, 0.1) is 23.7 Å². The first-order chi connectivity index (χ1) is 17.6. The van der Waals surface area contributed by atoms with Gasteiger partial charge in [-0.1, -0.05) is 29.3 Å². The Hall–Kier alpha value is -1.94. The van der Waals surface area contributed by atoms with Gasteiger partial charge in [-0.25, -0.2) is 23.1 Å². The summed E-state index contributed by atoms with van der Waals surface area (Å²) in [4.78, 5) is 14.5. The molecule has 0 N–H and O–H groups in total. The number of hydrogen-bond acceptors (Lipinski definition) is 7. The number of rotatable bonds is 8. The highest BCUT2D eigenvalue weighted by molar-refractivity contribution is 7.90. The highest BCUT2D eigenvalue weighted by Crippen LogP contribution is 2.35. The number of aromatic nitrogens is 4. The molecular weight excluding hydrogens is 531 g/mol.